The van der Waals surface area contributed by atoms with E-state index in [-0.39, 0.29) is 18.2 Å². The van der Waals surface area contributed by atoms with Gasteiger partial charge in [-0.3, -0.25) is 4.79 Å². The van der Waals surface area contributed by atoms with E-state index in [4.69, 9.17) is 40.4 Å². The van der Waals surface area contributed by atoms with Gasteiger partial charge in [0.05, 0.1) is 21.8 Å². The van der Waals surface area contributed by atoms with Crippen molar-refractivity contribution in [2.75, 3.05) is 12.3 Å². The molecular formula is C13H19Cl2N7O3. The lowest BCUT2D eigenvalue weighted by Crippen LogP contribution is -2.41. The van der Waals surface area contributed by atoms with Crippen LogP contribution in [-0.4, -0.2) is 29.5 Å². The van der Waals surface area contributed by atoms with E-state index in [2.05, 4.69) is 10.3 Å². The summed E-state index contributed by atoms with van der Waals surface area (Å²) in [7, 11) is 0. The fourth-order valence-corrected chi connectivity index (χ4v) is 2.48. The molecule has 0 aliphatic heterocycles. The number of nitrogens with two attached hydrogens (primary N) is 3. The average molecular weight is 392 g/mol. The number of benzene rings is 1. The number of rotatable bonds is 9. The Morgan fingerprint density at radius 3 is 2.44 bits per heavy atom. The van der Waals surface area contributed by atoms with Crippen molar-refractivity contribution in [3.63, 3.8) is 0 Å². The molecule has 0 unspecified atom stereocenters. The van der Waals surface area contributed by atoms with Crippen LogP contribution in [0.5, 0.6) is 0 Å². The first kappa shape index (κ1) is 20.7. The van der Waals surface area contributed by atoms with Crippen molar-refractivity contribution in [1.29, 1.82) is 0 Å². The number of carbonyl (C=O) groups excluding carboxylic acids is 1. The van der Waals surface area contributed by atoms with Gasteiger partial charge in [0, 0.05) is 13.1 Å². The minimum atomic E-state index is -0.810. The minimum absolute atomic E-state index is 0.206. The molecule has 1 aromatic carbocycles. The Bertz CT molecular complexity index is 646. The SMILES string of the molecule is NC(=O)[C@@H](CCCN=C(N)N[N+](=O)[O-])NCc1cc(Cl)c(N)c(Cl)c1. The van der Waals surface area contributed by atoms with Crippen LogP contribution in [0.2, 0.25) is 10.0 Å². The molecule has 0 heterocycles. The second-order valence-electron chi connectivity index (χ2n) is 5.09. The molecule has 1 rings (SSSR count). The highest BCUT2D eigenvalue weighted by Crippen LogP contribution is 2.28. The fourth-order valence-electron chi connectivity index (χ4n) is 1.95. The first-order valence-electron chi connectivity index (χ1n) is 7.17. The van der Waals surface area contributed by atoms with Crippen molar-refractivity contribution in [2.45, 2.75) is 25.4 Å². The van der Waals surface area contributed by atoms with Gasteiger partial charge in [-0.1, -0.05) is 28.6 Å². The standard InChI is InChI=1S/C13H19Cl2N7O3/c14-8-4-7(5-9(15)11(8)16)6-20-10(12(17)23)2-1-3-19-13(18)21-22(24)25/h4-5,10,20H,1-3,6,16H2,(H2,17,23)(H3,18,19,21)/t10-/m1/s1. The number of hydrogen-bond acceptors (Lipinski definition) is 6. The number of nitrogen functional groups attached to an aromatic ring is 1. The smallest absolute Gasteiger partial charge is 0.251 e. The molecule has 12 heteroatoms. The summed E-state index contributed by atoms with van der Waals surface area (Å²) >= 11 is 11.9. The molecule has 0 aliphatic carbocycles. The quantitative estimate of drug-likeness (QED) is 0.101. The summed E-state index contributed by atoms with van der Waals surface area (Å²) in [5.74, 6) is -0.840. The maximum Gasteiger partial charge on any atom is 0.251 e. The lowest BCUT2D eigenvalue weighted by atomic mass is 10.1. The summed E-state index contributed by atoms with van der Waals surface area (Å²) in [6.07, 6.45) is 0.824. The van der Waals surface area contributed by atoms with Crippen LogP contribution in [0.25, 0.3) is 0 Å². The summed E-state index contributed by atoms with van der Waals surface area (Å²) in [5.41, 5.74) is 19.1. The van der Waals surface area contributed by atoms with Crippen LogP contribution in [0.4, 0.5) is 5.69 Å². The van der Waals surface area contributed by atoms with Gasteiger partial charge in [0.1, 0.15) is 0 Å². The number of halogens is 2. The zero-order valence-electron chi connectivity index (χ0n) is 13.2. The number of aliphatic imine (C=N–C) groups is 1. The van der Waals surface area contributed by atoms with Crippen molar-refractivity contribution < 1.29 is 9.83 Å². The Balaban J connectivity index is 2.53. The summed E-state index contributed by atoms with van der Waals surface area (Å²) in [6, 6.07) is 2.67. The molecule has 25 heavy (non-hydrogen) atoms. The Morgan fingerprint density at radius 1 is 1.32 bits per heavy atom. The van der Waals surface area contributed by atoms with Gasteiger partial charge >= 0.3 is 0 Å². The van der Waals surface area contributed by atoms with Crippen molar-refractivity contribution in [3.05, 3.63) is 37.9 Å². The van der Waals surface area contributed by atoms with Crippen LogP contribution in [0.15, 0.2) is 17.1 Å². The van der Waals surface area contributed by atoms with E-state index >= 15 is 0 Å². The number of anilines is 1. The van der Waals surface area contributed by atoms with Crippen molar-refractivity contribution in [3.8, 4) is 0 Å². The molecule has 1 amide bonds. The van der Waals surface area contributed by atoms with Crippen LogP contribution in [-0.2, 0) is 11.3 Å². The summed E-state index contributed by atoms with van der Waals surface area (Å²) in [5, 5.41) is 13.0. The topological polar surface area (TPSA) is 175 Å². The lowest BCUT2D eigenvalue weighted by Gasteiger charge is -2.15. The molecule has 1 aromatic rings. The number of nitrogens with one attached hydrogen (secondary N) is 2. The molecule has 8 N–H and O–H groups in total. The number of nitro groups is 1. The Kier molecular flexibility index (Phi) is 8.19. The molecule has 0 saturated heterocycles. The second-order valence-corrected chi connectivity index (χ2v) is 5.90. The molecule has 138 valence electrons. The third kappa shape index (κ3) is 7.42. The van der Waals surface area contributed by atoms with Gasteiger partial charge in [-0.15, -0.1) is 0 Å². The van der Waals surface area contributed by atoms with Crippen LogP contribution < -0.4 is 27.9 Å². The van der Waals surface area contributed by atoms with Gasteiger partial charge in [0.25, 0.3) is 5.96 Å². The minimum Gasteiger partial charge on any atom is -0.396 e. The zero-order chi connectivity index (χ0) is 19.0. The third-order valence-electron chi connectivity index (χ3n) is 3.17. The Labute approximate surface area is 153 Å². The largest absolute Gasteiger partial charge is 0.396 e. The number of primary amides is 1. The predicted molar refractivity (Wildman–Crippen MR) is 96.6 cm³/mol. The highest BCUT2D eigenvalue weighted by molar-refractivity contribution is 6.38. The summed E-state index contributed by atoms with van der Waals surface area (Å²) < 4.78 is 0. The van der Waals surface area contributed by atoms with Crippen LogP contribution in [0, 0.1) is 10.1 Å². The van der Waals surface area contributed by atoms with E-state index in [9.17, 15) is 14.9 Å². The van der Waals surface area contributed by atoms with Crippen LogP contribution in [0.3, 0.4) is 0 Å². The molecule has 0 fully saturated rings. The normalized spacial score (nSPS) is 12.6. The van der Waals surface area contributed by atoms with Crippen molar-refractivity contribution >= 4 is 40.8 Å². The molecule has 0 saturated carbocycles. The van der Waals surface area contributed by atoms with Gasteiger partial charge in [-0.25, -0.2) is 15.1 Å². The molecule has 0 radical (unpaired) electrons. The molecule has 0 spiro atoms. The summed E-state index contributed by atoms with van der Waals surface area (Å²) in [4.78, 5) is 25.4. The van der Waals surface area contributed by atoms with Crippen molar-refractivity contribution in [1.82, 2.24) is 10.7 Å². The van der Waals surface area contributed by atoms with Crippen molar-refractivity contribution in [2.24, 2.45) is 16.5 Å². The van der Waals surface area contributed by atoms with E-state index in [0.717, 1.165) is 5.56 Å². The summed E-state index contributed by atoms with van der Waals surface area (Å²) in [6.45, 7) is 0.513. The van der Waals surface area contributed by atoms with Gasteiger partial charge in [0.15, 0.2) is 5.03 Å². The van der Waals surface area contributed by atoms with Crippen LogP contribution in [0.1, 0.15) is 18.4 Å². The van der Waals surface area contributed by atoms with E-state index in [1.165, 1.54) is 0 Å². The van der Waals surface area contributed by atoms with E-state index in [1.54, 1.807) is 17.6 Å². The van der Waals surface area contributed by atoms with E-state index in [1.807, 2.05) is 0 Å². The molecule has 0 aliphatic rings. The van der Waals surface area contributed by atoms with Gasteiger partial charge in [-0.2, -0.15) is 0 Å². The average Bonchev–Trinajstić information content (AvgIpc) is 2.50. The molecule has 10 nitrogen and oxygen atoms in total. The first-order valence-corrected chi connectivity index (χ1v) is 7.93. The van der Waals surface area contributed by atoms with Gasteiger partial charge < -0.3 is 22.5 Å². The Morgan fingerprint density at radius 2 is 1.92 bits per heavy atom. The number of nitrogens with zero attached hydrogens (tertiary/aromatic N) is 2. The van der Waals surface area contributed by atoms with Gasteiger partial charge in [-0.05, 0) is 30.5 Å². The first-order chi connectivity index (χ1) is 11.7. The molecule has 0 aromatic heterocycles. The second kappa shape index (κ2) is 9.87. The Hall–Kier alpha value is -2.30. The van der Waals surface area contributed by atoms with Crippen LogP contribution >= 0.6 is 23.2 Å². The maximum absolute atomic E-state index is 11.5. The number of carbonyl (C=O) groups is 1. The molecular weight excluding hydrogens is 373 g/mol. The van der Waals surface area contributed by atoms with Gasteiger partial charge in [0.2, 0.25) is 5.91 Å². The third-order valence-corrected chi connectivity index (χ3v) is 3.80. The number of guanidine groups is 1. The van der Waals surface area contributed by atoms with E-state index in [0.29, 0.717) is 29.4 Å². The van der Waals surface area contributed by atoms with E-state index < -0.39 is 17.0 Å². The number of hydrogen-bond donors (Lipinski definition) is 5. The number of amides is 1. The highest BCUT2D eigenvalue weighted by atomic mass is 35.5. The highest BCUT2D eigenvalue weighted by Gasteiger charge is 2.15. The predicted octanol–water partition coefficient (Wildman–Crippen LogP) is 0.395. The fraction of sp³-hybridized carbons (Fsp3) is 0.385. The molecule has 1 atom stereocenters. The zero-order valence-corrected chi connectivity index (χ0v) is 14.7. The number of hydrazine groups is 1. The maximum atomic E-state index is 11.5. The molecule has 0 bridgehead atoms. The monoisotopic (exact) mass is 391 g/mol. The lowest BCUT2D eigenvalue weighted by molar-refractivity contribution is -0.525.